The van der Waals surface area contributed by atoms with E-state index in [2.05, 4.69) is 25.9 Å². The summed E-state index contributed by atoms with van der Waals surface area (Å²) in [6.07, 6.45) is 6.98. The maximum atomic E-state index is 13.6. The van der Waals surface area contributed by atoms with Crippen LogP contribution in [-0.4, -0.2) is 38.3 Å². The smallest absolute Gasteiger partial charge is 0.254 e. The van der Waals surface area contributed by atoms with E-state index in [1.54, 1.807) is 29.8 Å². The molecule has 8 heteroatoms. The summed E-state index contributed by atoms with van der Waals surface area (Å²) in [7, 11) is 0. The number of halogens is 2. The van der Waals surface area contributed by atoms with Gasteiger partial charge in [0, 0.05) is 41.8 Å². The molecule has 0 radical (unpaired) electrons. The molecule has 148 valence electrons. The molecule has 5 nitrogen and oxygen atoms in total. The number of carbonyl (C=O) groups excluding carboxylic acids is 1. The van der Waals surface area contributed by atoms with Crippen molar-refractivity contribution in [2.75, 3.05) is 6.54 Å². The highest BCUT2D eigenvalue weighted by Crippen LogP contribution is 2.37. The minimum Gasteiger partial charge on any atom is -0.335 e. The molecule has 1 saturated heterocycles. The molecule has 1 amide bonds. The lowest BCUT2D eigenvalue weighted by atomic mass is 9.91. The van der Waals surface area contributed by atoms with Crippen LogP contribution in [0.4, 0.5) is 4.39 Å². The van der Waals surface area contributed by atoms with Gasteiger partial charge >= 0.3 is 0 Å². The van der Waals surface area contributed by atoms with Crippen molar-refractivity contribution in [2.45, 2.75) is 37.6 Å². The Bertz CT molecular complexity index is 1070. The summed E-state index contributed by atoms with van der Waals surface area (Å²) >= 11 is 4.94. The maximum Gasteiger partial charge on any atom is 0.254 e. The molecular formula is C21H18BrFN4OS. The first-order chi connectivity index (χ1) is 14.1. The average molecular weight is 473 g/mol. The Morgan fingerprint density at radius 3 is 2.83 bits per heavy atom. The molecule has 1 fully saturated rings. The second-order valence-corrected chi connectivity index (χ2v) is 9.33. The molecule has 2 atom stereocenters. The van der Waals surface area contributed by atoms with Gasteiger partial charge in [0.2, 0.25) is 0 Å². The molecule has 0 aliphatic carbocycles. The van der Waals surface area contributed by atoms with Gasteiger partial charge in [-0.25, -0.2) is 19.3 Å². The predicted octanol–water partition coefficient (Wildman–Crippen LogP) is 4.84. The van der Waals surface area contributed by atoms with Gasteiger partial charge in [0.05, 0.1) is 9.48 Å². The molecule has 5 rings (SSSR count). The van der Waals surface area contributed by atoms with Gasteiger partial charge in [0.15, 0.2) is 5.82 Å². The maximum absolute atomic E-state index is 13.6. The van der Waals surface area contributed by atoms with Crippen LogP contribution in [0.1, 0.15) is 46.1 Å². The number of hydrogen-bond donors (Lipinski definition) is 0. The Morgan fingerprint density at radius 1 is 1.17 bits per heavy atom. The van der Waals surface area contributed by atoms with Crippen molar-refractivity contribution in [3.63, 3.8) is 0 Å². The lowest BCUT2D eigenvalue weighted by Crippen LogP contribution is -2.45. The van der Waals surface area contributed by atoms with Crippen LogP contribution in [0.2, 0.25) is 0 Å². The van der Waals surface area contributed by atoms with Gasteiger partial charge in [0.1, 0.15) is 11.5 Å². The number of nitrogens with zero attached hydrogens (tertiary/aromatic N) is 4. The van der Waals surface area contributed by atoms with Gasteiger partial charge in [-0.05, 0) is 65.4 Å². The number of fused-ring (bicyclic) bond motifs is 2. The summed E-state index contributed by atoms with van der Waals surface area (Å²) in [6, 6.07) is 4.73. The van der Waals surface area contributed by atoms with E-state index in [1.807, 2.05) is 10.3 Å². The third kappa shape index (κ3) is 3.59. The van der Waals surface area contributed by atoms with Gasteiger partial charge in [-0.2, -0.15) is 0 Å². The fourth-order valence-corrected chi connectivity index (χ4v) is 5.39. The zero-order valence-electron chi connectivity index (χ0n) is 15.5. The highest BCUT2D eigenvalue weighted by Gasteiger charge is 2.36. The first-order valence-corrected chi connectivity index (χ1v) is 11.3. The van der Waals surface area contributed by atoms with Crippen LogP contribution < -0.4 is 0 Å². The lowest BCUT2D eigenvalue weighted by Gasteiger charge is -2.38. The summed E-state index contributed by atoms with van der Waals surface area (Å²) in [5.41, 5.74) is 2.23. The van der Waals surface area contributed by atoms with E-state index in [0.717, 1.165) is 46.4 Å². The summed E-state index contributed by atoms with van der Waals surface area (Å²) in [5.74, 6) is 0.539. The molecule has 4 heterocycles. The van der Waals surface area contributed by atoms with Crippen molar-refractivity contribution in [1.29, 1.82) is 0 Å². The van der Waals surface area contributed by atoms with Crippen molar-refractivity contribution in [1.82, 2.24) is 19.9 Å². The Labute approximate surface area is 180 Å². The van der Waals surface area contributed by atoms with Crippen molar-refractivity contribution < 1.29 is 9.18 Å². The molecule has 2 aliphatic rings. The quantitative estimate of drug-likeness (QED) is 0.535. The SMILES string of the molecule is O=C1c2ccc(F)cc2CC[C@@H]2CC[C@H](c3nc(-c4ncc(Br)cn4)cs3)CN12. The number of aromatic nitrogens is 3. The zero-order valence-corrected chi connectivity index (χ0v) is 17.9. The third-order valence-electron chi connectivity index (χ3n) is 5.73. The van der Waals surface area contributed by atoms with Gasteiger partial charge in [0.25, 0.3) is 5.91 Å². The minimum absolute atomic E-state index is 0.0141. The van der Waals surface area contributed by atoms with E-state index in [-0.39, 0.29) is 23.7 Å². The number of amides is 1. The lowest BCUT2D eigenvalue weighted by molar-refractivity contribution is 0.0588. The van der Waals surface area contributed by atoms with Crippen LogP contribution in [0.3, 0.4) is 0 Å². The molecule has 0 saturated carbocycles. The van der Waals surface area contributed by atoms with E-state index >= 15 is 0 Å². The molecule has 3 aromatic rings. The molecule has 1 aromatic carbocycles. The van der Waals surface area contributed by atoms with Gasteiger partial charge in [-0.3, -0.25) is 4.79 Å². The second-order valence-electron chi connectivity index (χ2n) is 7.52. The highest BCUT2D eigenvalue weighted by atomic mass is 79.9. The van der Waals surface area contributed by atoms with Crippen LogP contribution in [0.25, 0.3) is 11.5 Å². The number of hydrogen-bond acceptors (Lipinski definition) is 5. The molecule has 29 heavy (non-hydrogen) atoms. The second kappa shape index (κ2) is 7.57. The highest BCUT2D eigenvalue weighted by molar-refractivity contribution is 9.10. The number of aryl methyl sites for hydroxylation is 1. The Hall–Kier alpha value is -2.19. The van der Waals surface area contributed by atoms with Crippen LogP contribution in [0.5, 0.6) is 0 Å². The first-order valence-electron chi connectivity index (χ1n) is 9.61. The fourth-order valence-electron chi connectivity index (χ4n) is 4.25. The van der Waals surface area contributed by atoms with E-state index < -0.39 is 0 Å². The van der Waals surface area contributed by atoms with E-state index in [4.69, 9.17) is 4.98 Å². The van der Waals surface area contributed by atoms with Crippen molar-refractivity contribution in [3.05, 3.63) is 62.4 Å². The standard InChI is InChI=1S/C21H18BrFN4OS/c22-14-8-24-19(25-9-14)18-11-29-20(26-18)13-2-5-16-4-1-12-7-15(23)3-6-17(12)21(28)27(16)10-13/h3,6-9,11,13,16H,1-2,4-5,10H2/t13-,16+/m0/s1. The first kappa shape index (κ1) is 18.8. The zero-order chi connectivity index (χ0) is 20.0. The molecule has 0 N–H and O–H groups in total. The normalized spacial score (nSPS) is 21.4. The molecule has 2 aliphatic heterocycles. The number of thiazole rings is 1. The van der Waals surface area contributed by atoms with Crippen LogP contribution in [0.15, 0.2) is 40.4 Å². The number of benzene rings is 1. The Morgan fingerprint density at radius 2 is 2.00 bits per heavy atom. The molecule has 0 bridgehead atoms. The van der Waals surface area contributed by atoms with Crippen molar-refractivity contribution in [2.24, 2.45) is 0 Å². The van der Waals surface area contributed by atoms with Crippen LogP contribution in [-0.2, 0) is 6.42 Å². The minimum atomic E-state index is -0.278. The van der Waals surface area contributed by atoms with Crippen molar-refractivity contribution >= 4 is 33.2 Å². The number of carbonyl (C=O) groups is 1. The Kier molecular flexibility index (Phi) is 4.91. The van der Waals surface area contributed by atoms with Gasteiger partial charge < -0.3 is 4.90 Å². The molecule has 0 spiro atoms. The van der Waals surface area contributed by atoms with Gasteiger partial charge in [-0.1, -0.05) is 0 Å². The van der Waals surface area contributed by atoms with Crippen molar-refractivity contribution in [3.8, 4) is 11.5 Å². The molecule has 0 unspecified atom stereocenters. The molecule has 2 aromatic heterocycles. The Balaban J connectivity index is 1.39. The number of piperidine rings is 1. The number of rotatable bonds is 2. The molecular weight excluding hydrogens is 455 g/mol. The van der Waals surface area contributed by atoms with Crippen LogP contribution in [0, 0.1) is 5.82 Å². The average Bonchev–Trinajstić information content (AvgIpc) is 3.18. The summed E-state index contributed by atoms with van der Waals surface area (Å²) in [6.45, 7) is 0.647. The summed E-state index contributed by atoms with van der Waals surface area (Å²) in [4.78, 5) is 28.6. The fraction of sp³-hybridized carbons (Fsp3) is 0.333. The van der Waals surface area contributed by atoms with Gasteiger partial charge in [-0.15, -0.1) is 11.3 Å². The monoisotopic (exact) mass is 472 g/mol. The third-order valence-corrected chi connectivity index (χ3v) is 7.15. The van der Waals surface area contributed by atoms with E-state index in [1.165, 1.54) is 12.1 Å². The largest absolute Gasteiger partial charge is 0.335 e. The van der Waals surface area contributed by atoms with E-state index in [0.29, 0.717) is 17.9 Å². The predicted molar refractivity (Wildman–Crippen MR) is 112 cm³/mol. The summed E-state index contributed by atoms with van der Waals surface area (Å²) in [5, 5.41) is 2.99. The topological polar surface area (TPSA) is 59.0 Å². The van der Waals surface area contributed by atoms with E-state index in [9.17, 15) is 9.18 Å². The summed E-state index contributed by atoms with van der Waals surface area (Å²) < 4.78 is 14.5. The van der Waals surface area contributed by atoms with Crippen LogP contribution >= 0.6 is 27.3 Å².